The summed E-state index contributed by atoms with van der Waals surface area (Å²) in [6, 6.07) is 9.37. The molecule has 0 saturated carbocycles. The maximum atomic E-state index is 13.4. The summed E-state index contributed by atoms with van der Waals surface area (Å²) in [4.78, 5) is 8.08. The first kappa shape index (κ1) is 13.4. The van der Waals surface area contributed by atoms with Gasteiger partial charge in [-0.1, -0.05) is 23.7 Å². The average Bonchev–Trinajstić information content (AvgIpc) is 2.47. The van der Waals surface area contributed by atoms with Gasteiger partial charge in [-0.3, -0.25) is 0 Å². The van der Waals surface area contributed by atoms with Crippen LogP contribution in [-0.2, 0) is 0 Å². The summed E-state index contributed by atoms with van der Waals surface area (Å²) in [6.07, 6.45) is 1.55. The zero-order valence-electron chi connectivity index (χ0n) is 10.7. The van der Waals surface area contributed by atoms with E-state index in [2.05, 4.69) is 20.2 Å². The van der Waals surface area contributed by atoms with Crippen LogP contribution in [0.15, 0.2) is 42.6 Å². The Morgan fingerprint density at radius 1 is 1.00 bits per heavy atom. The number of halogens is 2. The summed E-state index contributed by atoms with van der Waals surface area (Å²) >= 11 is 5.89. The second kappa shape index (κ2) is 5.41. The van der Waals surface area contributed by atoms with Gasteiger partial charge in [0.25, 0.3) is 0 Å². The third-order valence-electron chi connectivity index (χ3n) is 2.80. The lowest BCUT2D eigenvalue weighted by atomic mass is 10.1. The van der Waals surface area contributed by atoms with Crippen molar-refractivity contribution in [1.29, 1.82) is 0 Å². The predicted octanol–water partition coefficient (Wildman–Crippen LogP) is 2.98. The van der Waals surface area contributed by atoms with Gasteiger partial charge < -0.3 is 5.73 Å². The van der Waals surface area contributed by atoms with Crippen LogP contribution in [0.1, 0.15) is 0 Å². The molecule has 0 bridgehead atoms. The van der Waals surface area contributed by atoms with E-state index in [4.69, 9.17) is 17.3 Å². The first-order chi connectivity index (χ1) is 10.1. The number of nitrogens with two attached hydrogens (primary N) is 1. The van der Waals surface area contributed by atoms with Crippen molar-refractivity contribution in [2.45, 2.75) is 0 Å². The Morgan fingerprint density at radius 2 is 1.81 bits per heavy atom. The molecule has 0 aliphatic heterocycles. The molecule has 0 spiro atoms. The highest BCUT2D eigenvalue weighted by atomic mass is 35.5. The van der Waals surface area contributed by atoms with E-state index in [1.165, 1.54) is 12.1 Å². The van der Waals surface area contributed by atoms with Gasteiger partial charge in [0.1, 0.15) is 22.4 Å². The maximum Gasteiger partial charge on any atom is 0.240 e. The lowest BCUT2D eigenvalue weighted by Crippen LogP contribution is -2.02. The molecule has 0 aliphatic carbocycles. The topological polar surface area (TPSA) is 77.6 Å². The smallest absolute Gasteiger partial charge is 0.240 e. The van der Waals surface area contributed by atoms with Crippen LogP contribution in [0.4, 0.5) is 10.3 Å². The first-order valence-corrected chi connectivity index (χ1v) is 6.39. The lowest BCUT2D eigenvalue weighted by Gasteiger charge is -2.08. The third kappa shape index (κ3) is 2.80. The van der Waals surface area contributed by atoms with Gasteiger partial charge in [0.05, 0.1) is 0 Å². The van der Waals surface area contributed by atoms with Gasteiger partial charge in [0.15, 0.2) is 0 Å². The summed E-state index contributed by atoms with van der Waals surface area (Å²) in [6.45, 7) is 0. The zero-order valence-corrected chi connectivity index (χ0v) is 11.4. The van der Waals surface area contributed by atoms with E-state index >= 15 is 0 Å². The van der Waals surface area contributed by atoms with Crippen LogP contribution >= 0.6 is 11.6 Å². The molecule has 1 aromatic carbocycles. The van der Waals surface area contributed by atoms with Crippen LogP contribution in [0.2, 0.25) is 5.15 Å². The van der Waals surface area contributed by atoms with Crippen molar-refractivity contribution < 1.29 is 4.39 Å². The van der Waals surface area contributed by atoms with Crippen molar-refractivity contribution in [2.75, 3.05) is 5.73 Å². The molecule has 0 atom stereocenters. The monoisotopic (exact) mass is 301 g/mol. The molecule has 0 radical (unpaired) electrons. The highest BCUT2D eigenvalue weighted by Gasteiger charge is 2.13. The summed E-state index contributed by atoms with van der Waals surface area (Å²) in [5, 5.41) is 8.12. The Labute approximate surface area is 124 Å². The van der Waals surface area contributed by atoms with Crippen LogP contribution in [0.25, 0.3) is 22.5 Å². The number of anilines is 1. The Hall–Kier alpha value is -2.60. The van der Waals surface area contributed by atoms with Crippen LogP contribution in [0, 0.1) is 5.82 Å². The van der Waals surface area contributed by atoms with E-state index in [0.29, 0.717) is 27.7 Å². The summed E-state index contributed by atoms with van der Waals surface area (Å²) in [5.74, 6) is -0.360. The van der Waals surface area contributed by atoms with Crippen molar-refractivity contribution in [2.24, 2.45) is 0 Å². The standard InChI is InChI=1S/C14H9ClFN5/c15-11-7-9(4-5-18-11)13-12(19-14(17)21-20-13)8-2-1-3-10(16)6-8/h1-7H,(H2,17,19,21). The fraction of sp³-hybridized carbons (Fsp3) is 0. The van der Waals surface area contributed by atoms with Crippen LogP contribution in [-0.4, -0.2) is 20.2 Å². The lowest BCUT2D eigenvalue weighted by molar-refractivity contribution is 0.628. The molecule has 2 N–H and O–H groups in total. The van der Waals surface area contributed by atoms with Gasteiger partial charge >= 0.3 is 0 Å². The molecule has 3 rings (SSSR count). The fourth-order valence-corrected chi connectivity index (χ4v) is 2.09. The number of hydrogen-bond donors (Lipinski definition) is 1. The molecule has 0 unspecified atom stereocenters. The van der Waals surface area contributed by atoms with Crippen molar-refractivity contribution in [3.05, 3.63) is 53.6 Å². The Kier molecular flexibility index (Phi) is 3.45. The molecule has 104 valence electrons. The van der Waals surface area contributed by atoms with E-state index in [9.17, 15) is 4.39 Å². The van der Waals surface area contributed by atoms with Gasteiger partial charge in [-0.15, -0.1) is 10.2 Å². The van der Waals surface area contributed by atoms with Crippen LogP contribution in [0.3, 0.4) is 0 Å². The molecule has 2 heterocycles. The summed E-state index contributed by atoms with van der Waals surface area (Å²) in [5.41, 5.74) is 7.72. The molecular weight excluding hydrogens is 293 g/mol. The highest BCUT2D eigenvalue weighted by Crippen LogP contribution is 2.29. The van der Waals surface area contributed by atoms with Crippen molar-refractivity contribution in [3.8, 4) is 22.5 Å². The SMILES string of the molecule is Nc1nnc(-c2ccnc(Cl)c2)c(-c2cccc(F)c2)n1. The number of rotatable bonds is 2. The quantitative estimate of drug-likeness (QED) is 0.736. The molecule has 3 aromatic rings. The minimum Gasteiger partial charge on any atom is -0.366 e. The van der Waals surface area contributed by atoms with E-state index in [-0.39, 0.29) is 11.8 Å². The average molecular weight is 302 g/mol. The molecule has 7 heteroatoms. The molecular formula is C14H9ClFN5. The third-order valence-corrected chi connectivity index (χ3v) is 3.01. The largest absolute Gasteiger partial charge is 0.366 e. The molecule has 2 aromatic heterocycles. The second-order valence-corrected chi connectivity index (χ2v) is 4.63. The predicted molar refractivity (Wildman–Crippen MR) is 77.9 cm³/mol. The van der Waals surface area contributed by atoms with E-state index < -0.39 is 0 Å². The number of aromatic nitrogens is 4. The highest BCUT2D eigenvalue weighted by molar-refractivity contribution is 6.29. The van der Waals surface area contributed by atoms with Crippen molar-refractivity contribution in [1.82, 2.24) is 20.2 Å². The van der Waals surface area contributed by atoms with Gasteiger partial charge in [0, 0.05) is 17.3 Å². The second-order valence-electron chi connectivity index (χ2n) is 4.24. The molecule has 0 aliphatic rings. The van der Waals surface area contributed by atoms with Gasteiger partial charge in [-0.2, -0.15) is 0 Å². The van der Waals surface area contributed by atoms with Crippen molar-refractivity contribution in [3.63, 3.8) is 0 Å². The van der Waals surface area contributed by atoms with E-state index in [1.54, 1.807) is 30.5 Å². The molecule has 21 heavy (non-hydrogen) atoms. The number of nitrogen functional groups attached to an aromatic ring is 1. The van der Waals surface area contributed by atoms with Gasteiger partial charge in [-0.25, -0.2) is 14.4 Å². The number of nitrogens with zero attached hydrogens (tertiary/aromatic N) is 4. The maximum absolute atomic E-state index is 13.4. The number of hydrogen-bond acceptors (Lipinski definition) is 5. The Balaban J connectivity index is 2.22. The number of benzene rings is 1. The molecule has 5 nitrogen and oxygen atoms in total. The molecule has 0 amide bonds. The minimum absolute atomic E-state index is 0.0122. The van der Waals surface area contributed by atoms with Crippen LogP contribution in [0.5, 0.6) is 0 Å². The molecule has 0 fully saturated rings. The zero-order chi connectivity index (χ0) is 14.8. The van der Waals surface area contributed by atoms with Crippen molar-refractivity contribution >= 4 is 17.5 Å². The Bertz CT molecular complexity index is 809. The molecule has 0 saturated heterocycles. The number of pyridine rings is 1. The minimum atomic E-state index is -0.372. The van der Waals surface area contributed by atoms with Crippen LogP contribution < -0.4 is 5.73 Å². The fourth-order valence-electron chi connectivity index (χ4n) is 1.92. The normalized spacial score (nSPS) is 10.6. The van der Waals surface area contributed by atoms with Gasteiger partial charge in [-0.05, 0) is 24.3 Å². The van der Waals surface area contributed by atoms with E-state index in [1.807, 2.05) is 0 Å². The first-order valence-electron chi connectivity index (χ1n) is 6.01. The van der Waals surface area contributed by atoms with Gasteiger partial charge in [0.2, 0.25) is 5.95 Å². The summed E-state index contributed by atoms with van der Waals surface area (Å²) in [7, 11) is 0. The summed E-state index contributed by atoms with van der Waals surface area (Å²) < 4.78 is 13.4. The Morgan fingerprint density at radius 3 is 2.57 bits per heavy atom. The van der Waals surface area contributed by atoms with E-state index in [0.717, 1.165) is 0 Å².